The van der Waals surface area contributed by atoms with Crippen LogP contribution in [0.1, 0.15) is 23.7 Å². The van der Waals surface area contributed by atoms with E-state index in [0.29, 0.717) is 18.4 Å². The zero-order valence-electron chi connectivity index (χ0n) is 11.4. The van der Waals surface area contributed by atoms with Crippen LogP contribution in [-0.2, 0) is 4.79 Å². The van der Waals surface area contributed by atoms with E-state index in [2.05, 4.69) is 0 Å². The highest BCUT2D eigenvalue weighted by atomic mass is 19.1. The van der Waals surface area contributed by atoms with Crippen molar-refractivity contribution in [3.05, 3.63) is 53.5 Å². The number of nitrogens with zero attached hydrogens (tertiary/aromatic N) is 1. The van der Waals surface area contributed by atoms with E-state index in [4.69, 9.17) is 0 Å². The van der Waals surface area contributed by atoms with E-state index in [9.17, 15) is 19.1 Å². The third kappa shape index (κ3) is 1.93. The summed E-state index contributed by atoms with van der Waals surface area (Å²) in [6, 6.07) is 3.81. The molecule has 3 rings (SSSR count). The molecule has 2 atom stereocenters. The summed E-state index contributed by atoms with van der Waals surface area (Å²) in [5, 5.41) is 10.4. The topological polar surface area (TPSA) is 57.6 Å². The van der Waals surface area contributed by atoms with Crippen LogP contribution in [0.25, 0.3) is 0 Å². The van der Waals surface area contributed by atoms with Gasteiger partial charge in [-0.3, -0.25) is 14.5 Å². The van der Waals surface area contributed by atoms with Crippen LogP contribution in [0.4, 0.5) is 10.1 Å². The predicted octanol–water partition coefficient (Wildman–Crippen LogP) is 2.20. The average molecular weight is 287 g/mol. The number of aliphatic hydroxyl groups is 1. The Bertz CT molecular complexity index is 691. The van der Waals surface area contributed by atoms with Gasteiger partial charge in [-0.2, -0.15) is 0 Å². The van der Waals surface area contributed by atoms with Crippen LogP contribution < -0.4 is 4.90 Å². The highest BCUT2D eigenvalue weighted by molar-refractivity contribution is 6.06. The fourth-order valence-electron chi connectivity index (χ4n) is 2.88. The molecule has 108 valence electrons. The van der Waals surface area contributed by atoms with E-state index in [1.54, 1.807) is 12.2 Å². The summed E-state index contributed by atoms with van der Waals surface area (Å²) in [6.45, 7) is 1.44. The van der Waals surface area contributed by atoms with Gasteiger partial charge in [-0.1, -0.05) is 12.2 Å². The molecule has 2 unspecified atom stereocenters. The number of rotatable bonds is 2. The standard InChI is InChI=1S/C16H14FNO3/c1-16(21)11-4-2-3-5-13(11)18(15(16)20)14-8-10(9-19)6-7-12(14)17/h2-3,5-9,11,21H,4H2,1H3. The van der Waals surface area contributed by atoms with Crippen molar-refractivity contribution in [3.63, 3.8) is 0 Å². The fraction of sp³-hybridized carbons (Fsp3) is 0.250. The first kappa shape index (κ1) is 13.7. The number of allylic oxidation sites excluding steroid dienone is 3. The minimum Gasteiger partial charge on any atom is -0.380 e. The summed E-state index contributed by atoms with van der Waals surface area (Å²) in [6.07, 6.45) is 6.43. The fourth-order valence-corrected chi connectivity index (χ4v) is 2.88. The minimum atomic E-state index is -1.58. The summed E-state index contributed by atoms with van der Waals surface area (Å²) in [5.74, 6) is -1.60. The van der Waals surface area contributed by atoms with Gasteiger partial charge in [-0.25, -0.2) is 4.39 Å². The molecule has 1 aromatic rings. The lowest BCUT2D eigenvalue weighted by atomic mass is 9.85. The first-order chi connectivity index (χ1) is 9.96. The zero-order chi connectivity index (χ0) is 15.2. The molecule has 1 heterocycles. The number of amides is 1. The maximum atomic E-state index is 14.1. The average Bonchev–Trinajstić information content (AvgIpc) is 2.68. The number of hydrogen-bond donors (Lipinski definition) is 1. The Labute approximate surface area is 121 Å². The molecule has 0 aromatic heterocycles. The Kier molecular flexibility index (Phi) is 3.02. The largest absolute Gasteiger partial charge is 0.380 e. The van der Waals surface area contributed by atoms with Gasteiger partial charge in [0.15, 0.2) is 0 Å². The Morgan fingerprint density at radius 2 is 2.24 bits per heavy atom. The SMILES string of the molecule is CC1(O)C(=O)N(c2cc(C=O)ccc2F)C2=CC=CCC21. The molecule has 4 nitrogen and oxygen atoms in total. The number of halogens is 1. The van der Waals surface area contributed by atoms with Crippen molar-refractivity contribution >= 4 is 17.9 Å². The summed E-state index contributed by atoms with van der Waals surface area (Å²) >= 11 is 0. The van der Waals surface area contributed by atoms with Crippen LogP contribution >= 0.6 is 0 Å². The number of carbonyl (C=O) groups excluding carboxylic acids is 2. The van der Waals surface area contributed by atoms with Gasteiger partial charge < -0.3 is 5.11 Å². The smallest absolute Gasteiger partial charge is 0.263 e. The lowest BCUT2D eigenvalue weighted by Gasteiger charge is -2.22. The first-order valence-electron chi connectivity index (χ1n) is 6.65. The quantitative estimate of drug-likeness (QED) is 0.848. The molecule has 1 amide bonds. The summed E-state index contributed by atoms with van der Waals surface area (Å²) in [7, 11) is 0. The molecule has 0 radical (unpaired) electrons. The second kappa shape index (κ2) is 4.63. The van der Waals surface area contributed by atoms with Gasteiger partial charge in [0, 0.05) is 17.2 Å². The number of carbonyl (C=O) groups is 2. The highest BCUT2D eigenvalue weighted by Crippen LogP contribution is 2.44. The normalized spacial score (nSPS) is 27.6. The van der Waals surface area contributed by atoms with Crippen molar-refractivity contribution in [1.29, 1.82) is 0 Å². The van der Waals surface area contributed by atoms with Crippen molar-refractivity contribution in [1.82, 2.24) is 0 Å². The number of anilines is 1. The monoisotopic (exact) mass is 287 g/mol. The van der Waals surface area contributed by atoms with Gasteiger partial charge in [-0.05, 0) is 37.6 Å². The maximum absolute atomic E-state index is 14.1. The van der Waals surface area contributed by atoms with E-state index in [1.807, 2.05) is 6.08 Å². The van der Waals surface area contributed by atoms with Crippen LogP contribution in [0.3, 0.4) is 0 Å². The third-order valence-electron chi connectivity index (χ3n) is 4.05. The molecular formula is C16H14FNO3. The molecule has 1 N–H and O–H groups in total. The molecule has 0 spiro atoms. The van der Waals surface area contributed by atoms with E-state index in [0.717, 1.165) is 6.07 Å². The van der Waals surface area contributed by atoms with Crippen LogP contribution in [0.2, 0.25) is 0 Å². The van der Waals surface area contributed by atoms with Crippen molar-refractivity contribution < 1.29 is 19.1 Å². The van der Waals surface area contributed by atoms with Crippen LogP contribution in [-0.4, -0.2) is 22.9 Å². The molecular weight excluding hydrogens is 273 g/mol. The van der Waals surface area contributed by atoms with Gasteiger partial charge in [0.25, 0.3) is 5.91 Å². The second-order valence-electron chi connectivity index (χ2n) is 5.42. The van der Waals surface area contributed by atoms with E-state index in [1.165, 1.54) is 24.0 Å². The van der Waals surface area contributed by atoms with Gasteiger partial charge in [0.2, 0.25) is 0 Å². The molecule has 0 saturated carbocycles. The predicted molar refractivity (Wildman–Crippen MR) is 75.2 cm³/mol. The Morgan fingerprint density at radius 3 is 2.95 bits per heavy atom. The Balaban J connectivity index is 2.17. The van der Waals surface area contributed by atoms with E-state index >= 15 is 0 Å². The Hall–Kier alpha value is -2.27. The first-order valence-corrected chi connectivity index (χ1v) is 6.65. The molecule has 21 heavy (non-hydrogen) atoms. The number of fused-ring (bicyclic) bond motifs is 1. The summed E-state index contributed by atoms with van der Waals surface area (Å²) in [4.78, 5) is 24.6. The molecule has 5 heteroatoms. The Morgan fingerprint density at radius 1 is 1.48 bits per heavy atom. The van der Waals surface area contributed by atoms with Gasteiger partial charge >= 0.3 is 0 Å². The van der Waals surface area contributed by atoms with Crippen LogP contribution in [0.5, 0.6) is 0 Å². The summed E-state index contributed by atoms with van der Waals surface area (Å²) < 4.78 is 14.1. The van der Waals surface area contributed by atoms with Crippen molar-refractivity contribution in [3.8, 4) is 0 Å². The van der Waals surface area contributed by atoms with Crippen LogP contribution in [0.15, 0.2) is 42.1 Å². The molecule has 1 aromatic carbocycles. The number of benzene rings is 1. The molecule has 1 saturated heterocycles. The third-order valence-corrected chi connectivity index (χ3v) is 4.05. The lowest BCUT2D eigenvalue weighted by Crippen LogP contribution is -2.40. The molecule has 0 bridgehead atoms. The zero-order valence-corrected chi connectivity index (χ0v) is 11.4. The van der Waals surface area contributed by atoms with Crippen LogP contribution in [0, 0.1) is 11.7 Å². The molecule has 2 aliphatic rings. The van der Waals surface area contributed by atoms with Crippen molar-refractivity contribution in [2.45, 2.75) is 18.9 Å². The van der Waals surface area contributed by atoms with Gasteiger partial charge in [0.1, 0.15) is 17.7 Å². The van der Waals surface area contributed by atoms with Gasteiger partial charge in [-0.15, -0.1) is 0 Å². The molecule has 1 aliphatic heterocycles. The summed E-state index contributed by atoms with van der Waals surface area (Å²) in [5.41, 5.74) is -0.766. The highest BCUT2D eigenvalue weighted by Gasteiger charge is 2.53. The van der Waals surface area contributed by atoms with Crippen molar-refractivity contribution in [2.24, 2.45) is 5.92 Å². The minimum absolute atomic E-state index is 0.00562. The molecule has 1 aliphatic carbocycles. The maximum Gasteiger partial charge on any atom is 0.263 e. The van der Waals surface area contributed by atoms with Crippen molar-refractivity contribution in [2.75, 3.05) is 4.90 Å². The van der Waals surface area contributed by atoms with Gasteiger partial charge in [0.05, 0.1) is 5.69 Å². The van der Waals surface area contributed by atoms with E-state index < -0.39 is 23.2 Å². The second-order valence-corrected chi connectivity index (χ2v) is 5.42. The lowest BCUT2D eigenvalue weighted by molar-refractivity contribution is -0.134. The van der Waals surface area contributed by atoms with E-state index in [-0.39, 0.29) is 11.3 Å². The molecule has 1 fully saturated rings. The number of hydrogen-bond acceptors (Lipinski definition) is 3. The number of aldehydes is 1.